The molecule has 3 rings (SSSR count). The van der Waals surface area contributed by atoms with Crippen LogP contribution in [-0.4, -0.2) is 29.4 Å². The third-order valence-electron chi connectivity index (χ3n) is 3.46. The van der Waals surface area contributed by atoms with Crippen LogP contribution in [0.2, 0.25) is 0 Å². The van der Waals surface area contributed by atoms with E-state index in [0.717, 1.165) is 16.1 Å². The van der Waals surface area contributed by atoms with Crippen LogP contribution in [0, 0.1) is 6.92 Å². The Morgan fingerprint density at radius 2 is 1.96 bits per heavy atom. The average Bonchev–Trinajstić information content (AvgIpc) is 2.98. The molecule has 2 aromatic carbocycles. The van der Waals surface area contributed by atoms with Crippen LogP contribution in [0.4, 0.5) is 0 Å². The number of aryl methyl sites for hydroxylation is 1. The molecule has 7 heteroatoms. The molecule has 0 radical (unpaired) electrons. The van der Waals surface area contributed by atoms with Gasteiger partial charge in [0.05, 0.1) is 11.5 Å². The van der Waals surface area contributed by atoms with E-state index >= 15 is 0 Å². The zero-order chi connectivity index (χ0) is 16.4. The van der Waals surface area contributed by atoms with E-state index in [1.54, 1.807) is 36.4 Å². The van der Waals surface area contributed by atoms with Gasteiger partial charge in [-0.05, 0) is 49.2 Å². The van der Waals surface area contributed by atoms with Gasteiger partial charge in [0.2, 0.25) is 0 Å². The third-order valence-corrected chi connectivity index (χ3v) is 5.03. The van der Waals surface area contributed by atoms with Crippen molar-refractivity contribution < 1.29 is 13.2 Å². The molecule has 0 aliphatic heterocycles. The predicted molar refractivity (Wildman–Crippen MR) is 87.1 cm³/mol. The normalized spacial score (nSPS) is 11.7. The Kier molecular flexibility index (Phi) is 4.04. The molecule has 0 N–H and O–H groups in total. The number of para-hydroxylation sites is 1. The maximum atomic E-state index is 12.8. The van der Waals surface area contributed by atoms with Crippen molar-refractivity contribution in [3.05, 3.63) is 48.0 Å². The second-order valence-corrected chi connectivity index (χ2v) is 6.97. The first-order valence-corrected chi connectivity index (χ1v) is 8.77. The van der Waals surface area contributed by atoms with E-state index in [2.05, 4.69) is 10.3 Å². The first-order valence-electron chi connectivity index (χ1n) is 7.33. The van der Waals surface area contributed by atoms with Gasteiger partial charge in [-0.1, -0.05) is 24.3 Å². The van der Waals surface area contributed by atoms with E-state index < -0.39 is 10.0 Å². The standard InChI is InChI=1S/C16H17N3O3S/c1-3-10-22-16-9-8-13(11-12(16)2)23(20,21)19-15-7-5-4-6-14(15)17-18-19/h4-9,11H,3,10H2,1-2H3. The quantitative estimate of drug-likeness (QED) is 0.719. The van der Waals surface area contributed by atoms with Crippen LogP contribution in [-0.2, 0) is 10.0 Å². The molecule has 0 aliphatic carbocycles. The summed E-state index contributed by atoms with van der Waals surface area (Å²) in [5.41, 5.74) is 1.76. The van der Waals surface area contributed by atoms with Crippen LogP contribution >= 0.6 is 0 Å². The van der Waals surface area contributed by atoms with Crippen LogP contribution in [0.5, 0.6) is 5.75 Å². The Balaban J connectivity index is 2.04. The molecule has 0 saturated heterocycles. The molecule has 23 heavy (non-hydrogen) atoms. The number of benzene rings is 2. The Morgan fingerprint density at radius 1 is 1.17 bits per heavy atom. The first-order chi connectivity index (χ1) is 11.0. The van der Waals surface area contributed by atoms with Crippen molar-refractivity contribution >= 4 is 21.1 Å². The van der Waals surface area contributed by atoms with E-state index in [1.165, 1.54) is 6.07 Å². The lowest BCUT2D eigenvalue weighted by Crippen LogP contribution is -2.15. The van der Waals surface area contributed by atoms with E-state index in [1.807, 2.05) is 13.8 Å². The van der Waals surface area contributed by atoms with Crippen molar-refractivity contribution in [2.75, 3.05) is 6.61 Å². The van der Waals surface area contributed by atoms with Crippen molar-refractivity contribution in [1.82, 2.24) is 14.4 Å². The molecule has 120 valence electrons. The van der Waals surface area contributed by atoms with Crippen molar-refractivity contribution in [2.24, 2.45) is 0 Å². The molecule has 0 unspecified atom stereocenters. The molecule has 0 amide bonds. The first kappa shape index (κ1) is 15.5. The van der Waals surface area contributed by atoms with Gasteiger partial charge in [-0.2, -0.15) is 8.42 Å². The van der Waals surface area contributed by atoms with Gasteiger partial charge in [0.1, 0.15) is 16.8 Å². The second-order valence-electron chi connectivity index (χ2n) is 5.20. The maximum absolute atomic E-state index is 12.8. The molecule has 3 aromatic rings. The lowest BCUT2D eigenvalue weighted by atomic mass is 10.2. The van der Waals surface area contributed by atoms with E-state index in [9.17, 15) is 8.42 Å². The van der Waals surface area contributed by atoms with Crippen molar-refractivity contribution in [2.45, 2.75) is 25.2 Å². The van der Waals surface area contributed by atoms with Gasteiger partial charge in [-0.3, -0.25) is 0 Å². The molecule has 0 spiro atoms. The highest BCUT2D eigenvalue weighted by molar-refractivity contribution is 7.90. The van der Waals surface area contributed by atoms with Crippen LogP contribution in [0.1, 0.15) is 18.9 Å². The fraction of sp³-hybridized carbons (Fsp3) is 0.250. The molecule has 0 atom stereocenters. The highest BCUT2D eigenvalue weighted by Gasteiger charge is 2.22. The predicted octanol–water partition coefficient (Wildman–Crippen LogP) is 2.77. The molecule has 6 nitrogen and oxygen atoms in total. The summed E-state index contributed by atoms with van der Waals surface area (Å²) < 4.78 is 32.2. The van der Waals surface area contributed by atoms with Crippen molar-refractivity contribution in [3.63, 3.8) is 0 Å². The minimum absolute atomic E-state index is 0.162. The summed E-state index contributed by atoms with van der Waals surface area (Å²) in [5, 5.41) is 7.69. The number of rotatable bonds is 5. The number of hydrogen-bond acceptors (Lipinski definition) is 5. The van der Waals surface area contributed by atoms with Gasteiger partial charge in [-0.25, -0.2) is 0 Å². The zero-order valence-electron chi connectivity index (χ0n) is 12.9. The molecule has 1 aromatic heterocycles. The average molecular weight is 331 g/mol. The summed E-state index contributed by atoms with van der Waals surface area (Å²) in [6.45, 7) is 4.44. The van der Waals surface area contributed by atoms with E-state index in [0.29, 0.717) is 23.4 Å². The van der Waals surface area contributed by atoms with Crippen LogP contribution in [0.25, 0.3) is 11.0 Å². The fourth-order valence-corrected chi connectivity index (χ4v) is 3.59. The lowest BCUT2D eigenvalue weighted by molar-refractivity contribution is 0.315. The molecule has 0 saturated carbocycles. The Bertz CT molecular complexity index is 948. The Labute approximate surface area is 134 Å². The molecule has 0 fully saturated rings. The monoisotopic (exact) mass is 331 g/mol. The number of ether oxygens (including phenoxy) is 1. The van der Waals surface area contributed by atoms with Gasteiger partial charge < -0.3 is 4.74 Å². The molecule has 1 heterocycles. The third kappa shape index (κ3) is 2.79. The highest BCUT2D eigenvalue weighted by Crippen LogP contribution is 2.24. The minimum Gasteiger partial charge on any atom is -0.493 e. The van der Waals surface area contributed by atoms with E-state index in [4.69, 9.17) is 4.74 Å². The largest absolute Gasteiger partial charge is 0.493 e. The lowest BCUT2D eigenvalue weighted by Gasteiger charge is -2.10. The maximum Gasteiger partial charge on any atom is 0.284 e. The summed E-state index contributed by atoms with van der Waals surface area (Å²) in [4.78, 5) is 0.162. The van der Waals surface area contributed by atoms with Gasteiger partial charge in [0.25, 0.3) is 10.0 Å². The van der Waals surface area contributed by atoms with E-state index in [-0.39, 0.29) is 4.90 Å². The number of fused-ring (bicyclic) bond motifs is 1. The SMILES string of the molecule is CCCOc1ccc(S(=O)(=O)n2nnc3ccccc32)cc1C. The van der Waals surface area contributed by atoms with Gasteiger partial charge in [0, 0.05) is 0 Å². The fourth-order valence-electron chi connectivity index (χ4n) is 2.28. The van der Waals surface area contributed by atoms with Gasteiger partial charge in [-0.15, -0.1) is 9.19 Å². The number of nitrogens with zero attached hydrogens (tertiary/aromatic N) is 3. The molecule has 0 bridgehead atoms. The van der Waals surface area contributed by atoms with Gasteiger partial charge >= 0.3 is 0 Å². The Morgan fingerprint density at radius 3 is 2.70 bits per heavy atom. The second kappa shape index (κ2) is 6.00. The smallest absolute Gasteiger partial charge is 0.284 e. The van der Waals surface area contributed by atoms with Gasteiger partial charge in [0.15, 0.2) is 0 Å². The van der Waals surface area contributed by atoms with Crippen LogP contribution in [0.3, 0.4) is 0 Å². The summed E-state index contributed by atoms with van der Waals surface area (Å²) >= 11 is 0. The zero-order valence-corrected chi connectivity index (χ0v) is 13.7. The summed E-state index contributed by atoms with van der Waals surface area (Å²) in [5.74, 6) is 0.689. The molecular formula is C16H17N3O3S. The molecule has 0 aliphatic rings. The molecular weight excluding hydrogens is 314 g/mol. The highest BCUT2D eigenvalue weighted by atomic mass is 32.2. The van der Waals surface area contributed by atoms with Crippen molar-refractivity contribution in [3.8, 4) is 5.75 Å². The summed E-state index contributed by atoms with van der Waals surface area (Å²) in [6, 6.07) is 11.7. The van der Waals surface area contributed by atoms with Crippen molar-refractivity contribution in [1.29, 1.82) is 0 Å². The van der Waals surface area contributed by atoms with Crippen LogP contribution < -0.4 is 4.74 Å². The Hall–Kier alpha value is -2.41. The number of aromatic nitrogens is 3. The topological polar surface area (TPSA) is 74.1 Å². The minimum atomic E-state index is -3.79. The number of hydrogen-bond donors (Lipinski definition) is 0. The van der Waals surface area contributed by atoms with Crippen LogP contribution in [0.15, 0.2) is 47.4 Å². The summed E-state index contributed by atoms with van der Waals surface area (Å²) in [6.07, 6.45) is 0.893. The summed E-state index contributed by atoms with van der Waals surface area (Å²) in [7, 11) is -3.79.